The van der Waals surface area contributed by atoms with Gasteiger partial charge in [0.1, 0.15) is 4.90 Å². The molecule has 0 bridgehead atoms. The molecule has 0 unspecified atom stereocenters. The number of unbranched alkanes of at least 4 members (excludes halogenated alkanes) is 2. The van der Waals surface area contributed by atoms with Crippen molar-refractivity contribution in [3.8, 4) is 0 Å². The van der Waals surface area contributed by atoms with Crippen molar-refractivity contribution in [3.05, 3.63) is 24.3 Å². The molecular weight excluding hydrogens is 268 g/mol. The van der Waals surface area contributed by atoms with Crippen LogP contribution in [0.2, 0.25) is 0 Å². The molecule has 1 aromatic carbocycles. The Morgan fingerprint density at radius 1 is 1.22 bits per heavy atom. The molecule has 0 radical (unpaired) electrons. The lowest BCUT2D eigenvalue weighted by Crippen LogP contribution is -2.25. The number of sulfonamides is 1. The summed E-state index contributed by atoms with van der Waals surface area (Å²) in [5, 5.41) is 0. The van der Waals surface area contributed by atoms with Gasteiger partial charge in [-0.25, -0.2) is 13.1 Å². The fourth-order valence-electron chi connectivity index (χ4n) is 1.56. The molecule has 0 heterocycles. The van der Waals surface area contributed by atoms with Crippen molar-refractivity contribution < 1.29 is 8.42 Å². The van der Waals surface area contributed by atoms with Gasteiger partial charge in [0.25, 0.3) is 0 Å². The third-order valence-electron chi connectivity index (χ3n) is 2.53. The fourth-order valence-corrected chi connectivity index (χ4v) is 3.26. The van der Waals surface area contributed by atoms with Gasteiger partial charge in [0.05, 0.1) is 5.69 Å². The van der Waals surface area contributed by atoms with Crippen molar-refractivity contribution in [3.63, 3.8) is 0 Å². The molecular formula is C12H20N2O2S2. The summed E-state index contributed by atoms with van der Waals surface area (Å²) in [5.41, 5.74) is 5.94. The molecule has 6 heteroatoms. The summed E-state index contributed by atoms with van der Waals surface area (Å²) in [6.07, 6.45) is 5.08. The van der Waals surface area contributed by atoms with Gasteiger partial charge in [0.2, 0.25) is 10.0 Å². The lowest BCUT2D eigenvalue weighted by atomic mass is 10.2. The Kier molecular flexibility index (Phi) is 6.52. The zero-order chi connectivity index (χ0) is 13.4. The van der Waals surface area contributed by atoms with Crippen LogP contribution in [0.5, 0.6) is 0 Å². The predicted molar refractivity (Wildman–Crippen MR) is 78.3 cm³/mol. The summed E-state index contributed by atoms with van der Waals surface area (Å²) < 4.78 is 26.5. The predicted octanol–water partition coefficient (Wildman–Crippen LogP) is 2.08. The standard InChI is InChI=1S/C12H20N2O2S2/c1-17-10-6-2-5-9-14-18(15,16)12-8-4-3-7-11(12)13/h3-4,7-8,14H,2,5-6,9-10,13H2,1H3. The van der Waals surface area contributed by atoms with Crippen molar-refractivity contribution in [2.45, 2.75) is 24.2 Å². The van der Waals surface area contributed by atoms with Crippen molar-refractivity contribution in [2.24, 2.45) is 0 Å². The smallest absolute Gasteiger partial charge is 0.242 e. The van der Waals surface area contributed by atoms with Crippen LogP contribution in [0.25, 0.3) is 0 Å². The van der Waals surface area contributed by atoms with Crippen LogP contribution < -0.4 is 10.5 Å². The van der Waals surface area contributed by atoms with E-state index in [9.17, 15) is 8.42 Å². The molecule has 1 aromatic rings. The van der Waals surface area contributed by atoms with E-state index in [1.54, 1.807) is 18.2 Å². The number of rotatable bonds is 8. The highest BCUT2D eigenvalue weighted by molar-refractivity contribution is 7.98. The molecule has 0 aliphatic rings. The molecule has 0 amide bonds. The number of hydrogen-bond acceptors (Lipinski definition) is 4. The van der Waals surface area contributed by atoms with Gasteiger partial charge in [0.15, 0.2) is 0 Å². The number of nitrogen functional groups attached to an aromatic ring is 1. The molecule has 3 N–H and O–H groups in total. The molecule has 0 aromatic heterocycles. The maximum absolute atomic E-state index is 11.9. The van der Waals surface area contributed by atoms with Crippen molar-refractivity contribution >= 4 is 27.5 Å². The first-order valence-electron chi connectivity index (χ1n) is 5.91. The van der Waals surface area contributed by atoms with Gasteiger partial charge in [-0.3, -0.25) is 0 Å². The first kappa shape index (κ1) is 15.3. The molecule has 0 saturated carbocycles. The van der Waals surface area contributed by atoms with Crippen LogP contribution in [0, 0.1) is 0 Å². The number of hydrogen-bond donors (Lipinski definition) is 2. The maximum atomic E-state index is 11.9. The number of nitrogens with two attached hydrogens (primary N) is 1. The highest BCUT2D eigenvalue weighted by Gasteiger charge is 2.15. The van der Waals surface area contributed by atoms with Crippen molar-refractivity contribution in [1.82, 2.24) is 4.72 Å². The fraction of sp³-hybridized carbons (Fsp3) is 0.500. The molecule has 0 aliphatic carbocycles. The minimum atomic E-state index is -3.46. The average Bonchev–Trinajstić information content (AvgIpc) is 2.34. The SMILES string of the molecule is CSCCCCCNS(=O)(=O)c1ccccc1N. The molecule has 0 saturated heterocycles. The largest absolute Gasteiger partial charge is 0.398 e. The molecule has 0 spiro atoms. The summed E-state index contributed by atoms with van der Waals surface area (Å²) >= 11 is 1.81. The maximum Gasteiger partial charge on any atom is 0.242 e. The van der Waals surface area contributed by atoms with Gasteiger partial charge in [-0.1, -0.05) is 18.6 Å². The van der Waals surface area contributed by atoms with Crippen LogP contribution in [0.1, 0.15) is 19.3 Å². The molecule has 4 nitrogen and oxygen atoms in total. The average molecular weight is 288 g/mol. The van der Waals surface area contributed by atoms with Crippen molar-refractivity contribution in [2.75, 3.05) is 24.3 Å². The van der Waals surface area contributed by atoms with Gasteiger partial charge in [-0.2, -0.15) is 11.8 Å². The minimum Gasteiger partial charge on any atom is -0.398 e. The summed E-state index contributed by atoms with van der Waals surface area (Å²) in [7, 11) is -3.46. The van der Waals surface area contributed by atoms with Gasteiger partial charge in [-0.15, -0.1) is 0 Å². The van der Waals surface area contributed by atoms with Crippen molar-refractivity contribution in [1.29, 1.82) is 0 Å². The molecule has 18 heavy (non-hydrogen) atoms. The monoisotopic (exact) mass is 288 g/mol. The highest BCUT2D eigenvalue weighted by Crippen LogP contribution is 2.16. The van der Waals surface area contributed by atoms with Gasteiger partial charge < -0.3 is 5.73 Å². The Morgan fingerprint density at radius 2 is 1.94 bits per heavy atom. The summed E-state index contributed by atoms with van der Waals surface area (Å²) in [4.78, 5) is 0.161. The van der Waals surface area contributed by atoms with Crippen LogP contribution in [0.4, 0.5) is 5.69 Å². The third-order valence-corrected chi connectivity index (χ3v) is 4.76. The molecule has 102 valence electrons. The Labute approximate surface area is 113 Å². The minimum absolute atomic E-state index is 0.161. The Balaban J connectivity index is 2.44. The quantitative estimate of drug-likeness (QED) is 0.567. The zero-order valence-electron chi connectivity index (χ0n) is 10.6. The van der Waals surface area contributed by atoms with Gasteiger partial charge >= 0.3 is 0 Å². The van der Waals surface area contributed by atoms with E-state index in [1.165, 1.54) is 6.07 Å². The number of thioether (sulfide) groups is 1. The second-order valence-electron chi connectivity index (χ2n) is 3.99. The normalized spacial score (nSPS) is 11.6. The second-order valence-corrected chi connectivity index (χ2v) is 6.71. The Morgan fingerprint density at radius 3 is 2.61 bits per heavy atom. The van der Waals surface area contributed by atoms with E-state index in [4.69, 9.17) is 5.73 Å². The van der Waals surface area contributed by atoms with E-state index in [0.717, 1.165) is 25.0 Å². The summed E-state index contributed by atoms with van der Waals surface area (Å²) in [6, 6.07) is 6.50. The van der Waals surface area contributed by atoms with Crippen LogP contribution in [-0.2, 0) is 10.0 Å². The van der Waals surface area contributed by atoms with E-state index in [0.29, 0.717) is 6.54 Å². The molecule has 1 rings (SSSR count). The Hall–Kier alpha value is -0.720. The zero-order valence-corrected chi connectivity index (χ0v) is 12.2. The van der Waals surface area contributed by atoms with Gasteiger partial charge in [0, 0.05) is 6.54 Å². The van der Waals surface area contributed by atoms with Crippen LogP contribution in [-0.4, -0.2) is 27.0 Å². The highest BCUT2D eigenvalue weighted by atomic mass is 32.2. The van der Waals surface area contributed by atoms with E-state index in [1.807, 2.05) is 11.8 Å². The van der Waals surface area contributed by atoms with E-state index in [-0.39, 0.29) is 10.6 Å². The van der Waals surface area contributed by atoms with Crippen LogP contribution in [0.15, 0.2) is 29.2 Å². The van der Waals surface area contributed by atoms with E-state index < -0.39 is 10.0 Å². The van der Waals surface area contributed by atoms with E-state index >= 15 is 0 Å². The third kappa shape index (κ3) is 4.88. The Bertz CT molecular complexity index is 461. The second kappa shape index (κ2) is 7.66. The number of benzene rings is 1. The molecule has 0 fully saturated rings. The summed E-state index contributed by atoms with van der Waals surface area (Å²) in [6.45, 7) is 0.463. The first-order valence-corrected chi connectivity index (χ1v) is 8.79. The molecule has 0 aliphatic heterocycles. The van der Waals surface area contributed by atoms with Crippen LogP contribution >= 0.6 is 11.8 Å². The number of nitrogens with one attached hydrogen (secondary N) is 1. The topological polar surface area (TPSA) is 72.2 Å². The lowest BCUT2D eigenvalue weighted by Gasteiger charge is -2.08. The van der Waals surface area contributed by atoms with E-state index in [2.05, 4.69) is 11.0 Å². The summed E-state index contributed by atoms with van der Waals surface area (Å²) in [5.74, 6) is 1.12. The number of para-hydroxylation sites is 1. The molecule has 0 atom stereocenters. The van der Waals surface area contributed by atoms with Crippen LogP contribution in [0.3, 0.4) is 0 Å². The lowest BCUT2D eigenvalue weighted by molar-refractivity contribution is 0.576. The number of anilines is 1. The first-order chi connectivity index (χ1) is 8.58. The van der Waals surface area contributed by atoms with Gasteiger partial charge in [-0.05, 0) is 37.0 Å².